The number of hydrogen-bond donors (Lipinski definition) is 1. The minimum absolute atomic E-state index is 0.0414. The fraction of sp³-hybridized carbons (Fsp3) is 0.0909. The van der Waals surface area contributed by atoms with Crippen LogP contribution in [-0.2, 0) is 11.2 Å². The van der Waals surface area contributed by atoms with Crippen LogP contribution in [0.1, 0.15) is 5.56 Å². The number of hydrogen-bond acceptors (Lipinski definition) is 3. The van der Waals surface area contributed by atoms with Gasteiger partial charge in [0.1, 0.15) is 0 Å². The van der Waals surface area contributed by atoms with Crippen molar-refractivity contribution in [1.29, 1.82) is 0 Å². The fourth-order valence-electron chi connectivity index (χ4n) is 1.73. The Morgan fingerprint density at radius 2 is 2.33 bits per heavy atom. The highest BCUT2D eigenvalue weighted by Gasteiger charge is 2.18. The number of nitrogens with zero attached hydrogens (tertiary/aromatic N) is 1. The molecule has 0 aliphatic carbocycles. The predicted molar refractivity (Wildman–Crippen MR) is 54.3 cm³/mol. The Morgan fingerprint density at radius 1 is 1.40 bits per heavy atom. The monoisotopic (exact) mass is 200 g/mol. The number of carbonyl (C=O) groups is 1. The van der Waals surface area contributed by atoms with Gasteiger partial charge in [-0.15, -0.1) is 0 Å². The predicted octanol–water partition coefficient (Wildman–Crippen LogP) is 1.84. The molecule has 1 amide bonds. The van der Waals surface area contributed by atoms with Crippen molar-refractivity contribution in [2.24, 2.45) is 0 Å². The summed E-state index contributed by atoms with van der Waals surface area (Å²) in [4.78, 5) is 15.0. The van der Waals surface area contributed by atoms with Gasteiger partial charge in [0, 0.05) is 11.3 Å². The van der Waals surface area contributed by atoms with Crippen LogP contribution in [0, 0.1) is 0 Å². The summed E-state index contributed by atoms with van der Waals surface area (Å²) in [6.45, 7) is 0. The molecular weight excluding hydrogens is 192 g/mol. The molecule has 2 aromatic rings. The van der Waals surface area contributed by atoms with Crippen LogP contribution in [0.5, 0.6) is 0 Å². The normalized spacial score (nSPS) is 13.7. The van der Waals surface area contributed by atoms with Crippen LogP contribution in [0.15, 0.2) is 35.2 Å². The molecule has 74 valence electrons. The molecule has 4 heteroatoms. The molecule has 0 spiro atoms. The van der Waals surface area contributed by atoms with Gasteiger partial charge in [-0.2, -0.15) is 0 Å². The van der Waals surface area contributed by atoms with Gasteiger partial charge in [-0.25, -0.2) is 4.98 Å². The van der Waals surface area contributed by atoms with Gasteiger partial charge in [0.25, 0.3) is 0 Å². The third-order valence-electron chi connectivity index (χ3n) is 2.45. The highest BCUT2D eigenvalue weighted by molar-refractivity contribution is 5.99. The molecule has 0 saturated carbocycles. The second kappa shape index (κ2) is 2.95. The van der Waals surface area contributed by atoms with Gasteiger partial charge in [0.2, 0.25) is 5.91 Å². The Bertz CT molecular complexity index is 517. The van der Waals surface area contributed by atoms with E-state index in [1.807, 2.05) is 18.2 Å². The smallest absolute Gasteiger partial charge is 0.228 e. The number of amides is 1. The van der Waals surface area contributed by atoms with Crippen molar-refractivity contribution < 1.29 is 9.21 Å². The first-order valence-corrected chi connectivity index (χ1v) is 4.64. The van der Waals surface area contributed by atoms with Crippen LogP contribution in [0.4, 0.5) is 5.69 Å². The van der Waals surface area contributed by atoms with Crippen molar-refractivity contribution in [1.82, 2.24) is 4.98 Å². The Hall–Kier alpha value is -2.10. The van der Waals surface area contributed by atoms with Gasteiger partial charge in [0.05, 0.1) is 12.6 Å². The van der Waals surface area contributed by atoms with Gasteiger partial charge in [-0.1, -0.05) is 12.1 Å². The molecule has 1 N–H and O–H groups in total. The molecule has 1 aliphatic heterocycles. The third-order valence-corrected chi connectivity index (χ3v) is 2.45. The lowest BCUT2D eigenvalue weighted by Crippen LogP contribution is -2.03. The summed E-state index contributed by atoms with van der Waals surface area (Å²) in [5.74, 6) is 0.749. The van der Waals surface area contributed by atoms with Crippen LogP contribution in [0.2, 0.25) is 0 Å². The van der Waals surface area contributed by atoms with Crippen LogP contribution >= 0.6 is 0 Å². The van der Waals surface area contributed by atoms with Gasteiger partial charge < -0.3 is 9.73 Å². The number of anilines is 1. The highest BCUT2D eigenvalue weighted by atomic mass is 16.3. The number of fused-ring (bicyclic) bond motifs is 1. The zero-order valence-corrected chi connectivity index (χ0v) is 7.86. The second-order valence-electron chi connectivity index (χ2n) is 3.46. The second-order valence-corrected chi connectivity index (χ2v) is 3.46. The van der Waals surface area contributed by atoms with E-state index < -0.39 is 0 Å². The summed E-state index contributed by atoms with van der Waals surface area (Å²) in [6.07, 6.45) is 3.51. The van der Waals surface area contributed by atoms with E-state index in [0.29, 0.717) is 12.2 Å². The first-order chi connectivity index (χ1) is 7.33. The summed E-state index contributed by atoms with van der Waals surface area (Å²) in [6, 6.07) is 5.77. The van der Waals surface area contributed by atoms with Gasteiger partial charge in [-0.05, 0) is 11.6 Å². The minimum Gasteiger partial charge on any atom is -0.444 e. The quantitative estimate of drug-likeness (QED) is 0.764. The van der Waals surface area contributed by atoms with Crippen LogP contribution in [0.25, 0.3) is 11.3 Å². The Balaban J connectivity index is 2.07. The zero-order chi connectivity index (χ0) is 10.3. The van der Waals surface area contributed by atoms with Crippen LogP contribution in [0.3, 0.4) is 0 Å². The summed E-state index contributed by atoms with van der Waals surface area (Å²) in [7, 11) is 0. The lowest BCUT2D eigenvalue weighted by molar-refractivity contribution is -0.115. The summed E-state index contributed by atoms with van der Waals surface area (Å²) in [5.41, 5.74) is 2.82. The molecule has 1 aromatic carbocycles. The number of benzene rings is 1. The largest absolute Gasteiger partial charge is 0.444 e. The fourth-order valence-corrected chi connectivity index (χ4v) is 1.73. The third kappa shape index (κ3) is 1.30. The average molecular weight is 200 g/mol. The van der Waals surface area contributed by atoms with Crippen molar-refractivity contribution in [2.45, 2.75) is 6.42 Å². The summed E-state index contributed by atoms with van der Waals surface area (Å²) >= 11 is 0. The van der Waals surface area contributed by atoms with Crippen LogP contribution in [-0.4, -0.2) is 10.9 Å². The molecule has 15 heavy (non-hydrogen) atoms. The van der Waals surface area contributed by atoms with E-state index in [1.54, 1.807) is 6.20 Å². The zero-order valence-electron chi connectivity index (χ0n) is 7.86. The van der Waals surface area contributed by atoms with E-state index >= 15 is 0 Å². The molecular formula is C11H8N2O2. The molecule has 0 bridgehead atoms. The molecule has 0 radical (unpaired) electrons. The Kier molecular flexibility index (Phi) is 1.62. The molecule has 0 saturated heterocycles. The molecule has 4 nitrogen and oxygen atoms in total. The van der Waals surface area contributed by atoms with E-state index in [0.717, 1.165) is 16.8 Å². The SMILES string of the molecule is O=C1Cc2ccc(-c3cnco3)cc2N1. The molecule has 1 aliphatic rings. The number of oxazole rings is 1. The van der Waals surface area contributed by atoms with Crippen molar-refractivity contribution >= 4 is 11.6 Å². The number of aromatic nitrogens is 1. The van der Waals surface area contributed by atoms with E-state index in [-0.39, 0.29) is 5.91 Å². The number of nitrogens with one attached hydrogen (secondary N) is 1. The standard InChI is InChI=1S/C11H8N2O2/c14-11-4-7-1-2-8(3-9(7)13-11)10-5-12-6-15-10/h1-3,5-6H,4H2,(H,13,14). The van der Waals surface area contributed by atoms with Crippen molar-refractivity contribution in [3.05, 3.63) is 36.4 Å². The topological polar surface area (TPSA) is 55.1 Å². The molecule has 0 fully saturated rings. The van der Waals surface area contributed by atoms with Crippen LogP contribution < -0.4 is 5.32 Å². The molecule has 2 heterocycles. The maximum absolute atomic E-state index is 11.2. The molecule has 3 rings (SSSR count). The van der Waals surface area contributed by atoms with E-state index in [2.05, 4.69) is 10.3 Å². The molecule has 0 unspecified atom stereocenters. The van der Waals surface area contributed by atoms with E-state index in [4.69, 9.17) is 4.42 Å². The molecule has 0 atom stereocenters. The first kappa shape index (κ1) is 8.23. The van der Waals surface area contributed by atoms with Crippen molar-refractivity contribution in [3.63, 3.8) is 0 Å². The van der Waals surface area contributed by atoms with Crippen molar-refractivity contribution in [3.8, 4) is 11.3 Å². The Labute approximate surface area is 85.9 Å². The van der Waals surface area contributed by atoms with E-state index in [1.165, 1.54) is 6.39 Å². The maximum atomic E-state index is 11.2. The summed E-state index contributed by atoms with van der Waals surface area (Å²) in [5, 5.41) is 2.80. The highest BCUT2D eigenvalue weighted by Crippen LogP contribution is 2.28. The summed E-state index contributed by atoms with van der Waals surface area (Å²) < 4.78 is 5.18. The molecule has 1 aromatic heterocycles. The first-order valence-electron chi connectivity index (χ1n) is 4.64. The lowest BCUT2D eigenvalue weighted by Gasteiger charge is -2.00. The van der Waals surface area contributed by atoms with E-state index in [9.17, 15) is 4.79 Å². The number of carbonyl (C=O) groups excluding carboxylic acids is 1. The van der Waals surface area contributed by atoms with Crippen molar-refractivity contribution in [2.75, 3.05) is 5.32 Å². The van der Waals surface area contributed by atoms with Gasteiger partial charge in [-0.3, -0.25) is 4.79 Å². The number of rotatable bonds is 1. The van der Waals surface area contributed by atoms with Gasteiger partial charge in [0.15, 0.2) is 12.2 Å². The average Bonchev–Trinajstić information content (AvgIpc) is 2.82. The minimum atomic E-state index is 0.0414. The lowest BCUT2D eigenvalue weighted by atomic mass is 10.1. The Morgan fingerprint density at radius 3 is 3.13 bits per heavy atom. The maximum Gasteiger partial charge on any atom is 0.228 e. The van der Waals surface area contributed by atoms with Gasteiger partial charge >= 0.3 is 0 Å².